The van der Waals surface area contributed by atoms with Crippen LogP contribution in [0, 0.1) is 5.92 Å². The number of esters is 2. The molecule has 0 aromatic rings. The standard InChI is InChI=1S/C11H18O4/c1-5-14-11(13)7-6-10(8(2)3)15-9(4)12/h6-8,10H,5H2,1-4H3/b7-6+/t10-/m0/s1. The maximum absolute atomic E-state index is 11.0. The molecule has 86 valence electrons. The predicted octanol–water partition coefficient (Wildman–Crippen LogP) is 1.69. The second-order valence-electron chi connectivity index (χ2n) is 3.43. The lowest BCUT2D eigenvalue weighted by molar-refractivity contribution is -0.146. The summed E-state index contributed by atoms with van der Waals surface area (Å²) in [5.41, 5.74) is 0. The molecule has 1 atom stereocenters. The fourth-order valence-electron chi connectivity index (χ4n) is 0.953. The van der Waals surface area contributed by atoms with Gasteiger partial charge in [-0.15, -0.1) is 0 Å². The van der Waals surface area contributed by atoms with Crippen LogP contribution in [0.5, 0.6) is 0 Å². The third kappa shape index (κ3) is 6.71. The lowest BCUT2D eigenvalue weighted by Gasteiger charge is -2.16. The number of rotatable bonds is 5. The molecule has 0 unspecified atom stereocenters. The van der Waals surface area contributed by atoms with Gasteiger partial charge in [0.2, 0.25) is 0 Å². The van der Waals surface area contributed by atoms with Crippen LogP contribution >= 0.6 is 0 Å². The molecule has 0 spiro atoms. The van der Waals surface area contributed by atoms with E-state index in [4.69, 9.17) is 9.47 Å². The van der Waals surface area contributed by atoms with Gasteiger partial charge in [-0.1, -0.05) is 13.8 Å². The van der Waals surface area contributed by atoms with Gasteiger partial charge in [0.15, 0.2) is 0 Å². The molecule has 15 heavy (non-hydrogen) atoms. The summed E-state index contributed by atoms with van der Waals surface area (Å²) < 4.78 is 9.72. The summed E-state index contributed by atoms with van der Waals surface area (Å²) in [6.45, 7) is 7.22. The highest BCUT2D eigenvalue weighted by molar-refractivity contribution is 5.82. The van der Waals surface area contributed by atoms with Gasteiger partial charge in [-0.3, -0.25) is 4.79 Å². The number of hydrogen-bond acceptors (Lipinski definition) is 4. The van der Waals surface area contributed by atoms with Crippen LogP contribution in [0.2, 0.25) is 0 Å². The smallest absolute Gasteiger partial charge is 0.330 e. The highest BCUT2D eigenvalue weighted by Gasteiger charge is 2.13. The average Bonchev–Trinajstić information content (AvgIpc) is 2.11. The fraction of sp³-hybridized carbons (Fsp3) is 0.636. The second-order valence-corrected chi connectivity index (χ2v) is 3.43. The summed E-state index contributed by atoms with van der Waals surface area (Å²) in [7, 11) is 0. The minimum Gasteiger partial charge on any atom is -0.463 e. The van der Waals surface area contributed by atoms with Gasteiger partial charge in [0.1, 0.15) is 6.10 Å². The van der Waals surface area contributed by atoms with Gasteiger partial charge in [0, 0.05) is 13.0 Å². The van der Waals surface area contributed by atoms with Crippen molar-refractivity contribution in [3.8, 4) is 0 Å². The molecular weight excluding hydrogens is 196 g/mol. The highest BCUT2D eigenvalue weighted by Crippen LogP contribution is 2.08. The summed E-state index contributed by atoms with van der Waals surface area (Å²) in [5, 5.41) is 0. The van der Waals surface area contributed by atoms with E-state index in [9.17, 15) is 9.59 Å². The molecule has 0 radical (unpaired) electrons. The Bertz CT molecular complexity index is 243. The van der Waals surface area contributed by atoms with E-state index in [1.165, 1.54) is 13.0 Å². The van der Waals surface area contributed by atoms with Crippen LogP contribution in [0.3, 0.4) is 0 Å². The molecule has 0 aromatic carbocycles. The lowest BCUT2D eigenvalue weighted by atomic mass is 10.1. The SMILES string of the molecule is CCOC(=O)/C=C/[C@H](OC(C)=O)C(C)C. The van der Waals surface area contributed by atoms with Crippen LogP contribution < -0.4 is 0 Å². The quantitative estimate of drug-likeness (QED) is 0.516. The van der Waals surface area contributed by atoms with Crippen molar-refractivity contribution in [3.05, 3.63) is 12.2 Å². The number of ether oxygens (including phenoxy) is 2. The third-order valence-electron chi connectivity index (χ3n) is 1.67. The van der Waals surface area contributed by atoms with Gasteiger partial charge in [-0.2, -0.15) is 0 Å². The van der Waals surface area contributed by atoms with E-state index in [0.29, 0.717) is 6.61 Å². The van der Waals surface area contributed by atoms with Crippen molar-refractivity contribution in [2.45, 2.75) is 33.8 Å². The van der Waals surface area contributed by atoms with Crippen molar-refractivity contribution < 1.29 is 19.1 Å². The zero-order valence-corrected chi connectivity index (χ0v) is 9.65. The summed E-state index contributed by atoms with van der Waals surface area (Å²) in [5.74, 6) is -0.655. The molecule has 0 N–H and O–H groups in total. The Morgan fingerprint density at radius 2 is 1.93 bits per heavy atom. The Hall–Kier alpha value is -1.32. The van der Waals surface area contributed by atoms with Crippen molar-refractivity contribution in [1.82, 2.24) is 0 Å². The Kier molecular flexibility index (Phi) is 6.42. The molecule has 0 heterocycles. The van der Waals surface area contributed by atoms with Crippen molar-refractivity contribution in [1.29, 1.82) is 0 Å². The van der Waals surface area contributed by atoms with Crippen LogP contribution in [-0.2, 0) is 19.1 Å². The molecule has 0 aromatic heterocycles. The maximum Gasteiger partial charge on any atom is 0.330 e. The molecule has 0 bridgehead atoms. The minimum atomic E-state index is -0.421. The van der Waals surface area contributed by atoms with Crippen LogP contribution in [0.25, 0.3) is 0 Å². The van der Waals surface area contributed by atoms with Gasteiger partial charge in [0.05, 0.1) is 6.61 Å². The Morgan fingerprint density at radius 1 is 1.33 bits per heavy atom. The van der Waals surface area contributed by atoms with E-state index in [1.54, 1.807) is 13.0 Å². The van der Waals surface area contributed by atoms with Crippen LogP contribution in [0.1, 0.15) is 27.7 Å². The van der Waals surface area contributed by atoms with Crippen molar-refractivity contribution in [2.75, 3.05) is 6.61 Å². The first kappa shape index (κ1) is 13.7. The molecule has 0 rings (SSSR count). The third-order valence-corrected chi connectivity index (χ3v) is 1.67. The molecule has 4 nitrogen and oxygen atoms in total. The summed E-state index contributed by atoms with van der Waals surface area (Å²) in [6, 6.07) is 0. The van der Waals surface area contributed by atoms with E-state index in [-0.39, 0.29) is 18.0 Å². The molecule has 4 heteroatoms. The molecular formula is C11H18O4. The number of carbonyl (C=O) groups excluding carboxylic acids is 2. The van der Waals surface area contributed by atoms with E-state index in [2.05, 4.69) is 0 Å². The lowest BCUT2D eigenvalue weighted by Crippen LogP contribution is -2.20. The number of hydrogen-bond donors (Lipinski definition) is 0. The Labute approximate surface area is 90.2 Å². The van der Waals surface area contributed by atoms with E-state index in [1.807, 2.05) is 13.8 Å². The van der Waals surface area contributed by atoms with Gasteiger partial charge in [-0.05, 0) is 18.9 Å². The Morgan fingerprint density at radius 3 is 2.33 bits per heavy atom. The van der Waals surface area contributed by atoms with Crippen molar-refractivity contribution in [2.24, 2.45) is 5.92 Å². The summed E-state index contributed by atoms with van der Waals surface area (Å²) in [6.07, 6.45) is 2.45. The largest absolute Gasteiger partial charge is 0.463 e. The zero-order chi connectivity index (χ0) is 11.8. The van der Waals surface area contributed by atoms with Gasteiger partial charge in [0.25, 0.3) is 0 Å². The maximum atomic E-state index is 11.0. The molecule has 0 aliphatic rings. The molecule has 0 aliphatic carbocycles. The van der Waals surface area contributed by atoms with E-state index < -0.39 is 5.97 Å². The number of carbonyl (C=O) groups is 2. The van der Waals surface area contributed by atoms with Crippen molar-refractivity contribution >= 4 is 11.9 Å². The fourth-order valence-corrected chi connectivity index (χ4v) is 0.953. The topological polar surface area (TPSA) is 52.6 Å². The van der Waals surface area contributed by atoms with Crippen LogP contribution in [0.4, 0.5) is 0 Å². The Balaban J connectivity index is 4.27. The van der Waals surface area contributed by atoms with Gasteiger partial charge in [-0.25, -0.2) is 4.79 Å². The van der Waals surface area contributed by atoms with E-state index in [0.717, 1.165) is 0 Å². The zero-order valence-electron chi connectivity index (χ0n) is 9.65. The predicted molar refractivity (Wildman–Crippen MR) is 56.2 cm³/mol. The second kappa shape index (κ2) is 7.04. The molecule has 0 amide bonds. The minimum absolute atomic E-state index is 0.125. The molecule has 0 fully saturated rings. The summed E-state index contributed by atoms with van der Waals surface area (Å²) in [4.78, 5) is 21.8. The van der Waals surface area contributed by atoms with Crippen LogP contribution in [-0.4, -0.2) is 24.6 Å². The van der Waals surface area contributed by atoms with Crippen LogP contribution in [0.15, 0.2) is 12.2 Å². The molecule has 0 aliphatic heterocycles. The van der Waals surface area contributed by atoms with Crippen molar-refractivity contribution in [3.63, 3.8) is 0 Å². The first-order chi connectivity index (χ1) is 6.97. The molecule has 0 saturated carbocycles. The monoisotopic (exact) mass is 214 g/mol. The van der Waals surface area contributed by atoms with Gasteiger partial charge >= 0.3 is 11.9 Å². The first-order valence-electron chi connectivity index (χ1n) is 4.99. The normalized spacial score (nSPS) is 12.9. The first-order valence-corrected chi connectivity index (χ1v) is 4.99. The van der Waals surface area contributed by atoms with Gasteiger partial charge < -0.3 is 9.47 Å². The summed E-state index contributed by atoms with van der Waals surface area (Å²) >= 11 is 0. The average molecular weight is 214 g/mol. The molecule has 0 saturated heterocycles. The van der Waals surface area contributed by atoms with E-state index >= 15 is 0 Å². The highest BCUT2D eigenvalue weighted by atomic mass is 16.5.